The number of phenols is 1. The molecule has 6 heteroatoms. The van der Waals surface area contributed by atoms with Gasteiger partial charge in [-0.05, 0) is 63.4 Å². The monoisotopic (exact) mass is 389 g/mol. The summed E-state index contributed by atoms with van der Waals surface area (Å²) in [6.45, 7) is 12.4. The second kappa shape index (κ2) is 7.56. The molecule has 4 atom stereocenters. The Morgan fingerprint density at radius 3 is 2.75 bits per heavy atom. The zero-order valence-corrected chi connectivity index (χ0v) is 18.0. The van der Waals surface area contributed by atoms with Crippen molar-refractivity contribution in [3.8, 4) is 5.75 Å². The van der Waals surface area contributed by atoms with Gasteiger partial charge in [0, 0.05) is 37.1 Å². The zero-order valence-electron chi connectivity index (χ0n) is 18.0. The summed E-state index contributed by atoms with van der Waals surface area (Å²) in [4.78, 5) is 14.3. The number of hydrogen-bond donors (Lipinski definition) is 3. The first kappa shape index (κ1) is 20.9. The molecule has 28 heavy (non-hydrogen) atoms. The normalized spacial score (nSPS) is 29.9. The standard InChI is InChI=1S/C22H35N3O3/c1-14-13-25(6)18-11-15-7-8-16(26)12-17(15)22(14,5)19(18)23-9-10-24-20(27)28-21(2,3)4/h7-8,12,14,18-19,23,26H,9-11,13H2,1-6H3,(H,24,27)/t14?,18-,19-,22-/m1/s1. The Kier molecular flexibility index (Phi) is 5.65. The van der Waals surface area contributed by atoms with Gasteiger partial charge < -0.3 is 25.4 Å². The van der Waals surface area contributed by atoms with Crippen LogP contribution < -0.4 is 10.6 Å². The maximum absolute atomic E-state index is 11.9. The van der Waals surface area contributed by atoms with E-state index in [1.54, 1.807) is 6.07 Å². The van der Waals surface area contributed by atoms with E-state index in [2.05, 4.69) is 42.5 Å². The van der Waals surface area contributed by atoms with Crippen LogP contribution in [-0.2, 0) is 16.6 Å². The van der Waals surface area contributed by atoms with Crippen LogP contribution in [0.1, 0.15) is 45.7 Å². The molecule has 1 heterocycles. The van der Waals surface area contributed by atoms with Gasteiger partial charge in [-0.25, -0.2) is 4.79 Å². The second-order valence-corrected chi connectivity index (χ2v) is 9.60. The minimum absolute atomic E-state index is 0.0740. The third-order valence-electron chi connectivity index (χ3n) is 6.44. The molecular weight excluding hydrogens is 354 g/mol. The van der Waals surface area contributed by atoms with Crippen molar-refractivity contribution >= 4 is 6.09 Å². The van der Waals surface area contributed by atoms with Gasteiger partial charge >= 0.3 is 6.09 Å². The number of phenolic OH excluding ortho intramolecular Hbond substituents is 1. The quantitative estimate of drug-likeness (QED) is 0.691. The van der Waals surface area contributed by atoms with E-state index in [0.717, 1.165) is 13.0 Å². The number of amides is 1. The first-order chi connectivity index (χ1) is 13.0. The van der Waals surface area contributed by atoms with Crippen LogP contribution in [0.2, 0.25) is 0 Å². The molecule has 156 valence electrons. The Labute approximate surface area is 168 Å². The lowest BCUT2D eigenvalue weighted by Crippen LogP contribution is -2.69. The number of hydrogen-bond acceptors (Lipinski definition) is 5. The Morgan fingerprint density at radius 2 is 2.07 bits per heavy atom. The number of carbonyl (C=O) groups is 1. The Bertz CT molecular complexity index is 730. The number of nitrogens with zero attached hydrogens (tertiary/aromatic N) is 1. The van der Waals surface area contributed by atoms with Crippen LogP contribution in [0.15, 0.2) is 18.2 Å². The summed E-state index contributed by atoms with van der Waals surface area (Å²) >= 11 is 0. The number of likely N-dealkylation sites (N-methyl/N-ethyl adjacent to an activating group) is 1. The third-order valence-corrected chi connectivity index (χ3v) is 6.44. The highest BCUT2D eigenvalue weighted by Gasteiger charge is 2.53. The molecule has 1 unspecified atom stereocenters. The first-order valence-corrected chi connectivity index (χ1v) is 10.2. The fraction of sp³-hybridized carbons (Fsp3) is 0.682. The summed E-state index contributed by atoms with van der Waals surface area (Å²) in [6, 6.07) is 6.44. The van der Waals surface area contributed by atoms with Crippen molar-refractivity contribution in [3.05, 3.63) is 29.3 Å². The fourth-order valence-corrected chi connectivity index (χ4v) is 4.95. The lowest BCUT2D eigenvalue weighted by Gasteiger charge is -2.58. The highest BCUT2D eigenvalue weighted by atomic mass is 16.6. The van der Waals surface area contributed by atoms with Crippen molar-refractivity contribution in [2.75, 3.05) is 26.7 Å². The molecule has 1 fully saturated rings. The number of aromatic hydroxyl groups is 1. The van der Waals surface area contributed by atoms with E-state index in [9.17, 15) is 9.90 Å². The number of nitrogens with one attached hydrogen (secondary N) is 2. The molecule has 6 nitrogen and oxygen atoms in total. The van der Waals surface area contributed by atoms with Gasteiger partial charge in [-0.1, -0.05) is 19.9 Å². The second-order valence-electron chi connectivity index (χ2n) is 9.60. The predicted molar refractivity (Wildman–Crippen MR) is 111 cm³/mol. The molecule has 2 aliphatic rings. The van der Waals surface area contributed by atoms with Crippen molar-refractivity contribution < 1.29 is 14.6 Å². The molecule has 0 aromatic heterocycles. The number of ether oxygens (including phenoxy) is 1. The van der Waals surface area contributed by atoms with E-state index in [1.165, 1.54) is 11.1 Å². The molecule has 0 spiro atoms. The maximum atomic E-state index is 11.9. The molecule has 1 aliphatic heterocycles. The van der Waals surface area contributed by atoms with Crippen LogP contribution in [0, 0.1) is 5.92 Å². The minimum Gasteiger partial charge on any atom is -0.508 e. The highest BCUT2D eigenvalue weighted by molar-refractivity contribution is 5.67. The van der Waals surface area contributed by atoms with Crippen LogP contribution in [-0.4, -0.2) is 60.5 Å². The Hall–Kier alpha value is -1.79. The molecule has 1 amide bonds. The van der Waals surface area contributed by atoms with Crippen molar-refractivity contribution in [2.45, 2.75) is 64.1 Å². The summed E-state index contributed by atoms with van der Waals surface area (Å²) in [7, 11) is 2.19. The maximum Gasteiger partial charge on any atom is 0.407 e. The Balaban J connectivity index is 1.72. The van der Waals surface area contributed by atoms with E-state index in [1.807, 2.05) is 26.8 Å². The van der Waals surface area contributed by atoms with Crippen LogP contribution in [0.5, 0.6) is 5.75 Å². The van der Waals surface area contributed by atoms with Gasteiger partial charge in [0.25, 0.3) is 0 Å². The molecule has 1 aromatic carbocycles. The average Bonchev–Trinajstić information content (AvgIpc) is 2.57. The molecule has 3 N–H and O–H groups in total. The van der Waals surface area contributed by atoms with Gasteiger partial charge in [-0.3, -0.25) is 0 Å². The number of rotatable bonds is 4. The number of piperidine rings is 1. The molecule has 1 saturated heterocycles. The molecule has 3 rings (SSSR count). The smallest absolute Gasteiger partial charge is 0.407 e. The highest BCUT2D eigenvalue weighted by Crippen LogP contribution is 2.48. The zero-order chi connectivity index (χ0) is 20.7. The number of fused-ring (bicyclic) bond motifs is 4. The number of likely N-dealkylation sites (tertiary alicyclic amines) is 1. The van der Waals surface area contributed by atoms with Crippen LogP contribution in [0.25, 0.3) is 0 Å². The van der Waals surface area contributed by atoms with Crippen molar-refractivity contribution in [1.82, 2.24) is 15.5 Å². The van der Waals surface area contributed by atoms with E-state index in [4.69, 9.17) is 4.74 Å². The summed E-state index contributed by atoms with van der Waals surface area (Å²) in [5.74, 6) is 0.765. The van der Waals surface area contributed by atoms with Crippen molar-refractivity contribution in [3.63, 3.8) is 0 Å². The first-order valence-electron chi connectivity index (χ1n) is 10.2. The minimum atomic E-state index is -0.491. The number of alkyl carbamates (subject to hydrolysis) is 1. The van der Waals surface area contributed by atoms with Gasteiger partial charge in [0.1, 0.15) is 11.4 Å². The van der Waals surface area contributed by atoms with E-state index < -0.39 is 5.60 Å². The van der Waals surface area contributed by atoms with Crippen molar-refractivity contribution in [2.24, 2.45) is 5.92 Å². The molecule has 2 bridgehead atoms. The average molecular weight is 390 g/mol. The third kappa shape index (κ3) is 3.98. The van der Waals surface area contributed by atoms with Gasteiger partial charge in [0.15, 0.2) is 0 Å². The van der Waals surface area contributed by atoms with E-state index in [-0.39, 0.29) is 17.6 Å². The van der Waals surface area contributed by atoms with Crippen LogP contribution >= 0.6 is 0 Å². The molecule has 0 saturated carbocycles. The lowest BCUT2D eigenvalue weighted by molar-refractivity contribution is 0.0231. The lowest BCUT2D eigenvalue weighted by atomic mass is 9.57. The summed E-state index contributed by atoms with van der Waals surface area (Å²) in [6.07, 6.45) is 0.580. The molecular formula is C22H35N3O3. The van der Waals surface area contributed by atoms with E-state index in [0.29, 0.717) is 30.8 Å². The topological polar surface area (TPSA) is 73.8 Å². The predicted octanol–water partition coefficient (Wildman–Crippen LogP) is 2.64. The van der Waals surface area contributed by atoms with Gasteiger partial charge in [0.05, 0.1) is 0 Å². The van der Waals surface area contributed by atoms with Gasteiger partial charge in [0.2, 0.25) is 0 Å². The largest absolute Gasteiger partial charge is 0.508 e. The molecule has 0 radical (unpaired) electrons. The molecule has 1 aromatic rings. The van der Waals surface area contributed by atoms with Gasteiger partial charge in [-0.2, -0.15) is 0 Å². The summed E-state index contributed by atoms with van der Waals surface area (Å²) in [5.41, 5.74) is 2.01. The van der Waals surface area contributed by atoms with Crippen LogP contribution in [0.3, 0.4) is 0 Å². The van der Waals surface area contributed by atoms with Crippen LogP contribution in [0.4, 0.5) is 4.79 Å². The SMILES string of the molecule is CC1CN(C)[C@@H]2Cc3ccc(O)cc3[C@]1(C)[C@@H]2NCCNC(=O)OC(C)(C)C. The Morgan fingerprint density at radius 1 is 1.36 bits per heavy atom. The van der Waals surface area contributed by atoms with E-state index >= 15 is 0 Å². The van der Waals surface area contributed by atoms with Gasteiger partial charge in [-0.15, -0.1) is 0 Å². The van der Waals surface area contributed by atoms with Crippen molar-refractivity contribution in [1.29, 1.82) is 0 Å². The summed E-state index contributed by atoms with van der Waals surface area (Å²) in [5, 5.41) is 16.6. The number of carbonyl (C=O) groups excluding carboxylic acids is 1. The molecule has 1 aliphatic carbocycles. The number of benzene rings is 1. The summed E-state index contributed by atoms with van der Waals surface area (Å²) < 4.78 is 5.30. The fourth-order valence-electron chi connectivity index (χ4n) is 4.95.